The fourth-order valence-corrected chi connectivity index (χ4v) is 2.38. The molecule has 0 bridgehead atoms. The third-order valence-corrected chi connectivity index (χ3v) is 3.48. The van der Waals surface area contributed by atoms with E-state index in [1.54, 1.807) is 6.20 Å². The Bertz CT molecular complexity index is 525. The lowest BCUT2D eigenvalue weighted by Crippen LogP contribution is -2.46. The number of likely N-dealkylation sites (N-methyl/N-ethyl adjacent to an activating group) is 1. The van der Waals surface area contributed by atoms with Gasteiger partial charge in [0.25, 0.3) is 5.91 Å². The van der Waals surface area contributed by atoms with Crippen LogP contribution in [0.1, 0.15) is 18.5 Å². The van der Waals surface area contributed by atoms with Crippen molar-refractivity contribution in [1.29, 1.82) is 0 Å². The monoisotopic (exact) mass is 264 g/mol. The molecule has 2 aliphatic rings. The van der Waals surface area contributed by atoms with Crippen LogP contribution in [-0.2, 0) is 22.7 Å². The Kier molecular flexibility index (Phi) is 2.98. The lowest BCUT2D eigenvalue weighted by atomic mass is 10.1. The molecule has 1 aromatic rings. The molecule has 1 unspecified atom stereocenters. The highest BCUT2D eigenvalue weighted by molar-refractivity contribution is 5.99. The van der Waals surface area contributed by atoms with E-state index in [-0.39, 0.29) is 11.8 Å². The molecule has 2 aliphatic heterocycles. The van der Waals surface area contributed by atoms with E-state index in [4.69, 9.17) is 4.74 Å². The van der Waals surface area contributed by atoms with Crippen LogP contribution in [0.5, 0.6) is 5.75 Å². The van der Waals surface area contributed by atoms with E-state index in [2.05, 4.69) is 15.3 Å². The number of carbonyl (C=O) groups is 2. The van der Waals surface area contributed by atoms with Crippen molar-refractivity contribution in [3.05, 3.63) is 11.9 Å². The summed E-state index contributed by atoms with van der Waals surface area (Å²) in [5.74, 6) is 0.0445. The Labute approximate surface area is 110 Å². The Balaban J connectivity index is 1.75. The average Bonchev–Trinajstić information content (AvgIpc) is 2.75. The Morgan fingerprint density at radius 3 is 3.05 bits per heavy atom. The van der Waals surface area contributed by atoms with Gasteiger partial charge in [-0.15, -0.1) is 0 Å². The first-order chi connectivity index (χ1) is 9.13. The van der Waals surface area contributed by atoms with Gasteiger partial charge in [-0.05, 0) is 7.05 Å². The maximum absolute atomic E-state index is 11.7. The van der Waals surface area contributed by atoms with Crippen molar-refractivity contribution in [2.75, 3.05) is 13.6 Å². The van der Waals surface area contributed by atoms with E-state index in [1.807, 2.05) is 11.7 Å². The second-order valence-corrected chi connectivity index (χ2v) is 4.97. The molecule has 0 spiro atoms. The number of amides is 2. The number of nitrogens with one attached hydrogen (secondary N) is 1. The van der Waals surface area contributed by atoms with Gasteiger partial charge in [0.2, 0.25) is 5.91 Å². The molecule has 1 saturated heterocycles. The van der Waals surface area contributed by atoms with E-state index in [9.17, 15) is 9.59 Å². The minimum Gasteiger partial charge on any atom is -0.477 e. The van der Waals surface area contributed by atoms with Gasteiger partial charge < -0.3 is 4.74 Å². The van der Waals surface area contributed by atoms with Crippen molar-refractivity contribution in [3.63, 3.8) is 0 Å². The van der Waals surface area contributed by atoms with Crippen LogP contribution in [0, 0.1) is 0 Å². The highest BCUT2D eigenvalue weighted by Gasteiger charge is 2.30. The van der Waals surface area contributed by atoms with E-state index in [1.165, 1.54) is 0 Å². The van der Waals surface area contributed by atoms with E-state index in [0.717, 1.165) is 25.3 Å². The molecule has 1 atom stereocenters. The summed E-state index contributed by atoms with van der Waals surface area (Å²) in [7, 11) is 2.03. The van der Waals surface area contributed by atoms with Crippen LogP contribution in [0.25, 0.3) is 0 Å². The highest BCUT2D eigenvalue weighted by atomic mass is 16.5. The van der Waals surface area contributed by atoms with Gasteiger partial charge in [-0.2, -0.15) is 5.10 Å². The van der Waals surface area contributed by atoms with Gasteiger partial charge in [0.1, 0.15) is 0 Å². The molecule has 0 saturated carbocycles. The van der Waals surface area contributed by atoms with Gasteiger partial charge in [0.15, 0.2) is 11.9 Å². The smallest absolute Gasteiger partial charge is 0.267 e. The third-order valence-electron chi connectivity index (χ3n) is 3.48. The van der Waals surface area contributed by atoms with Crippen LogP contribution < -0.4 is 10.1 Å². The molecule has 7 nitrogen and oxygen atoms in total. The van der Waals surface area contributed by atoms with E-state index < -0.39 is 6.10 Å². The molecule has 7 heteroatoms. The van der Waals surface area contributed by atoms with Gasteiger partial charge in [-0.25, -0.2) is 0 Å². The molecule has 1 N–H and O–H groups in total. The molecule has 3 rings (SSSR count). The summed E-state index contributed by atoms with van der Waals surface area (Å²) in [5.41, 5.74) is 0.985. The van der Waals surface area contributed by atoms with E-state index >= 15 is 0 Å². The number of carbonyl (C=O) groups excluding carboxylic acids is 2. The summed E-state index contributed by atoms with van der Waals surface area (Å²) in [6.45, 7) is 2.53. The summed E-state index contributed by atoms with van der Waals surface area (Å²) in [6, 6.07) is 0. The first-order valence-corrected chi connectivity index (χ1v) is 6.37. The molecular formula is C12H16N4O3. The first kappa shape index (κ1) is 12.2. The lowest BCUT2D eigenvalue weighted by Gasteiger charge is -2.26. The fourth-order valence-electron chi connectivity index (χ4n) is 2.38. The molecule has 1 fully saturated rings. The zero-order chi connectivity index (χ0) is 13.4. The van der Waals surface area contributed by atoms with Crippen molar-refractivity contribution in [3.8, 4) is 5.75 Å². The van der Waals surface area contributed by atoms with Crippen molar-refractivity contribution in [2.24, 2.45) is 0 Å². The summed E-state index contributed by atoms with van der Waals surface area (Å²) in [6.07, 6.45) is 1.79. The largest absolute Gasteiger partial charge is 0.477 e. The predicted molar refractivity (Wildman–Crippen MR) is 65.4 cm³/mol. The number of hydrogen-bond donors (Lipinski definition) is 1. The fraction of sp³-hybridized carbons (Fsp3) is 0.583. The molecule has 0 radical (unpaired) electrons. The number of fused-ring (bicyclic) bond motifs is 1. The minimum absolute atomic E-state index is 0.235. The Hall–Kier alpha value is -1.89. The lowest BCUT2D eigenvalue weighted by molar-refractivity contribution is -0.138. The van der Waals surface area contributed by atoms with Gasteiger partial charge >= 0.3 is 0 Å². The number of imide groups is 1. The number of aromatic nitrogens is 2. The van der Waals surface area contributed by atoms with Gasteiger partial charge in [-0.3, -0.25) is 24.5 Å². The molecule has 2 amide bonds. The maximum Gasteiger partial charge on any atom is 0.267 e. The molecule has 3 heterocycles. The SMILES string of the molecule is CN1CCn2ncc(OC3CCC(=O)NC3=O)c2C1. The Morgan fingerprint density at radius 1 is 1.42 bits per heavy atom. The third kappa shape index (κ3) is 2.33. The van der Waals surface area contributed by atoms with Gasteiger partial charge in [-0.1, -0.05) is 0 Å². The van der Waals surface area contributed by atoms with Crippen LogP contribution >= 0.6 is 0 Å². The van der Waals surface area contributed by atoms with Crippen molar-refractivity contribution in [2.45, 2.75) is 32.0 Å². The number of piperidine rings is 1. The van der Waals surface area contributed by atoms with E-state index in [0.29, 0.717) is 18.6 Å². The minimum atomic E-state index is -0.598. The van der Waals surface area contributed by atoms with Crippen LogP contribution in [0.15, 0.2) is 6.20 Å². The number of hydrogen-bond acceptors (Lipinski definition) is 5. The normalized spacial score (nSPS) is 23.9. The summed E-state index contributed by atoms with van der Waals surface area (Å²) in [4.78, 5) is 24.9. The molecule has 0 aliphatic carbocycles. The Morgan fingerprint density at radius 2 is 2.26 bits per heavy atom. The summed E-state index contributed by atoms with van der Waals surface area (Å²) < 4.78 is 7.63. The predicted octanol–water partition coefficient (Wildman–Crippen LogP) is -0.487. The van der Waals surface area contributed by atoms with Gasteiger partial charge in [0, 0.05) is 25.9 Å². The highest BCUT2D eigenvalue weighted by Crippen LogP contribution is 2.25. The summed E-state index contributed by atoms with van der Waals surface area (Å²) in [5, 5.41) is 6.55. The molecular weight excluding hydrogens is 248 g/mol. The van der Waals surface area contributed by atoms with Crippen LogP contribution in [0.2, 0.25) is 0 Å². The second kappa shape index (κ2) is 4.65. The topological polar surface area (TPSA) is 76.5 Å². The zero-order valence-corrected chi connectivity index (χ0v) is 10.8. The zero-order valence-electron chi connectivity index (χ0n) is 10.8. The average molecular weight is 264 g/mol. The van der Waals surface area contributed by atoms with Crippen molar-refractivity contribution in [1.82, 2.24) is 20.0 Å². The quantitative estimate of drug-likeness (QED) is 0.730. The number of ether oxygens (including phenoxy) is 1. The number of nitrogens with zero attached hydrogens (tertiary/aromatic N) is 3. The standard InChI is InChI=1S/C12H16N4O3/c1-15-4-5-16-8(7-15)10(6-13-16)19-9-2-3-11(17)14-12(9)18/h6,9H,2-5,7H2,1H3,(H,14,17,18). The number of rotatable bonds is 2. The van der Waals surface area contributed by atoms with Crippen molar-refractivity contribution < 1.29 is 14.3 Å². The second-order valence-electron chi connectivity index (χ2n) is 4.97. The van der Waals surface area contributed by atoms with Crippen LogP contribution in [0.3, 0.4) is 0 Å². The first-order valence-electron chi connectivity index (χ1n) is 6.37. The van der Waals surface area contributed by atoms with Crippen LogP contribution in [-0.4, -0.2) is 46.2 Å². The van der Waals surface area contributed by atoms with Crippen LogP contribution in [0.4, 0.5) is 0 Å². The molecule has 1 aromatic heterocycles. The maximum atomic E-state index is 11.7. The summed E-state index contributed by atoms with van der Waals surface area (Å²) >= 11 is 0. The van der Waals surface area contributed by atoms with Crippen molar-refractivity contribution >= 4 is 11.8 Å². The molecule has 19 heavy (non-hydrogen) atoms. The molecule has 102 valence electrons. The molecule has 0 aromatic carbocycles. The van der Waals surface area contributed by atoms with Gasteiger partial charge in [0.05, 0.1) is 18.4 Å².